The van der Waals surface area contributed by atoms with Crippen LogP contribution in [0.3, 0.4) is 0 Å². The van der Waals surface area contributed by atoms with E-state index in [1.54, 1.807) is 0 Å². The summed E-state index contributed by atoms with van der Waals surface area (Å²) in [6.45, 7) is 0.600. The highest BCUT2D eigenvalue weighted by molar-refractivity contribution is 8.10. The van der Waals surface area contributed by atoms with Crippen molar-refractivity contribution in [3.05, 3.63) is 35.9 Å². The number of hydrogen-bond donors (Lipinski definition) is 2. The number of hydrogen-bond acceptors (Lipinski definition) is 2. The van der Waals surface area contributed by atoms with Crippen LogP contribution in [-0.4, -0.2) is 9.33 Å². The maximum atomic E-state index is 5.56. The molecule has 0 aromatic heterocycles. The van der Waals surface area contributed by atoms with E-state index in [0.29, 0.717) is 10.9 Å². The first-order valence-electron chi connectivity index (χ1n) is 3.49. The van der Waals surface area contributed by atoms with Gasteiger partial charge >= 0.3 is 0 Å². The van der Waals surface area contributed by atoms with E-state index < -0.39 is 0 Å². The van der Waals surface area contributed by atoms with Gasteiger partial charge in [-0.25, -0.2) is 5.84 Å². The van der Waals surface area contributed by atoms with Crippen molar-refractivity contribution in [1.82, 2.24) is 5.01 Å². The van der Waals surface area contributed by atoms with Crippen LogP contribution in [0.5, 0.6) is 0 Å². The van der Waals surface area contributed by atoms with Crippen LogP contribution in [-0.2, 0) is 6.54 Å². The average molecular weight is 198 g/mol. The Labute approximate surface area is 82.7 Å². The van der Waals surface area contributed by atoms with Gasteiger partial charge in [0.05, 0.1) is 6.54 Å². The fourth-order valence-corrected chi connectivity index (χ4v) is 0.983. The van der Waals surface area contributed by atoms with Gasteiger partial charge in [-0.05, 0) is 5.56 Å². The summed E-state index contributed by atoms with van der Waals surface area (Å²) >= 11 is 8.74. The van der Waals surface area contributed by atoms with E-state index >= 15 is 0 Å². The van der Waals surface area contributed by atoms with Crippen LogP contribution < -0.4 is 5.84 Å². The van der Waals surface area contributed by atoms with Gasteiger partial charge in [-0.3, -0.25) is 5.01 Å². The maximum Gasteiger partial charge on any atom is 0.147 e. The van der Waals surface area contributed by atoms with E-state index in [1.165, 1.54) is 5.01 Å². The third kappa shape index (κ3) is 2.81. The number of benzene rings is 1. The average Bonchev–Trinajstić information content (AvgIpc) is 2.06. The van der Waals surface area contributed by atoms with Gasteiger partial charge in [-0.1, -0.05) is 42.5 Å². The normalized spacial score (nSPS) is 9.50. The molecule has 1 aromatic rings. The van der Waals surface area contributed by atoms with Crippen LogP contribution in [0.1, 0.15) is 5.56 Å². The highest BCUT2D eigenvalue weighted by Crippen LogP contribution is 2.02. The monoisotopic (exact) mass is 198 g/mol. The Morgan fingerprint density at radius 1 is 1.42 bits per heavy atom. The maximum absolute atomic E-state index is 5.56. The number of hydrazine groups is 1. The van der Waals surface area contributed by atoms with E-state index in [2.05, 4.69) is 12.6 Å². The quantitative estimate of drug-likeness (QED) is 0.327. The van der Waals surface area contributed by atoms with Crippen molar-refractivity contribution in [2.45, 2.75) is 6.54 Å². The van der Waals surface area contributed by atoms with E-state index in [-0.39, 0.29) is 0 Å². The van der Waals surface area contributed by atoms with Crippen LogP contribution in [0.25, 0.3) is 0 Å². The molecule has 0 saturated heterocycles. The molecule has 0 atom stereocenters. The zero-order chi connectivity index (χ0) is 8.97. The molecule has 4 heteroatoms. The zero-order valence-corrected chi connectivity index (χ0v) is 8.18. The minimum absolute atomic E-state index is 0.402. The Morgan fingerprint density at radius 2 is 2.00 bits per heavy atom. The first-order chi connectivity index (χ1) is 5.70. The number of thiocarbonyl (C=S) groups is 1. The van der Waals surface area contributed by atoms with Gasteiger partial charge in [-0.2, -0.15) is 0 Å². The van der Waals surface area contributed by atoms with Crippen LogP contribution in [0.4, 0.5) is 0 Å². The molecule has 0 saturated carbocycles. The SMILES string of the molecule is NN(Cc1ccccc1)C(=S)S. The van der Waals surface area contributed by atoms with Crippen LogP contribution >= 0.6 is 24.8 Å². The first kappa shape index (κ1) is 9.51. The summed E-state index contributed by atoms with van der Waals surface area (Å²) in [7, 11) is 0. The molecule has 0 aliphatic carbocycles. The van der Waals surface area contributed by atoms with Crippen molar-refractivity contribution in [2.75, 3.05) is 0 Å². The molecule has 0 bridgehead atoms. The Morgan fingerprint density at radius 3 is 2.50 bits per heavy atom. The van der Waals surface area contributed by atoms with Crippen LogP contribution in [0.15, 0.2) is 30.3 Å². The Balaban J connectivity index is 2.58. The largest absolute Gasteiger partial charge is 0.292 e. The predicted molar refractivity (Wildman–Crippen MR) is 57.8 cm³/mol. The van der Waals surface area contributed by atoms with E-state index in [0.717, 1.165) is 5.56 Å². The van der Waals surface area contributed by atoms with Crippen molar-refractivity contribution >= 4 is 29.2 Å². The molecule has 0 radical (unpaired) electrons. The molecule has 0 spiro atoms. The smallest absolute Gasteiger partial charge is 0.147 e. The molecule has 1 aromatic carbocycles. The topological polar surface area (TPSA) is 29.3 Å². The molecular weight excluding hydrogens is 188 g/mol. The van der Waals surface area contributed by atoms with Crippen molar-refractivity contribution in [3.8, 4) is 0 Å². The molecule has 12 heavy (non-hydrogen) atoms. The second-order valence-corrected chi connectivity index (χ2v) is 3.51. The molecule has 1 rings (SSSR count). The molecule has 0 unspecified atom stereocenters. The van der Waals surface area contributed by atoms with Gasteiger partial charge in [0, 0.05) is 0 Å². The lowest BCUT2D eigenvalue weighted by atomic mass is 10.2. The van der Waals surface area contributed by atoms with Crippen molar-refractivity contribution in [1.29, 1.82) is 0 Å². The van der Waals surface area contributed by atoms with Gasteiger partial charge in [0.15, 0.2) is 0 Å². The summed E-state index contributed by atoms with van der Waals surface area (Å²) in [4.78, 5) is 0. The van der Waals surface area contributed by atoms with E-state index in [1.807, 2.05) is 30.3 Å². The van der Waals surface area contributed by atoms with Gasteiger partial charge < -0.3 is 0 Å². The Kier molecular flexibility index (Phi) is 3.52. The van der Waals surface area contributed by atoms with Gasteiger partial charge in [0.1, 0.15) is 4.32 Å². The minimum Gasteiger partial charge on any atom is -0.292 e. The van der Waals surface area contributed by atoms with Crippen molar-refractivity contribution in [2.24, 2.45) is 5.84 Å². The summed E-state index contributed by atoms with van der Waals surface area (Å²) in [6.07, 6.45) is 0. The summed E-state index contributed by atoms with van der Waals surface area (Å²) in [5.41, 5.74) is 1.12. The lowest BCUT2D eigenvalue weighted by Gasteiger charge is -2.15. The molecule has 64 valence electrons. The standard InChI is InChI=1S/C8H10N2S2/c9-10(8(11)12)6-7-4-2-1-3-5-7/h1-5H,6,9H2,(H,11,12). The number of nitrogens with two attached hydrogens (primary N) is 1. The molecule has 0 heterocycles. The zero-order valence-electron chi connectivity index (χ0n) is 6.47. The Hall–Kier alpha value is -0.580. The van der Waals surface area contributed by atoms with E-state index in [9.17, 15) is 0 Å². The summed E-state index contributed by atoms with van der Waals surface area (Å²) < 4.78 is 0.402. The van der Waals surface area contributed by atoms with Gasteiger partial charge in [0.2, 0.25) is 0 Å². The van der Waals surface area contributed by atoms with Crippen LogP contribution in [0.2, 0.25) is 0 Å². The second-order valence-electron chi connectivity index (χ2n) is 2.40. The van der Waals surface area contributed by atoms with Crippen LogP contribution in [0, 0.1) is 0 Å². The van der Waals surface area contributed by atoms with Gasteiger partial charge in [0.25, 0.3) is 0 Å². The van der Waals surface area contributed by atoms with Gasteiger partial charge in [-0.15, -0.1) is 12.6 Å². The molecule has 0 aliphatic rings. The fourth-order valence-electron chi connectivity index (χ4n) is 0.848. The molecule has 0 aliphatic heterocycles. The highest BCUT2D eigenvalue weighted by Gasteiger charge is 1.99. The first-order valence-corrected chi connectivity index (χ1v) is 4.35. The lowest BCUT2D eigenvalue weighted by Crippen LogP contribution is -2.32. The molecule has 2 nitrogen and oxygen atoms in total. The fraction of sp³-hybridized carbons (Fsp3) is 0.125. The summed E-state index contributed by atoms with van der Waals surface area (Å²) in [5.74, 6) is 5.56. The predicted octanol–water partition coefficient (Wildman–Crippen LogP) is 1.58. The summed E-state index contributed by atoms with van der Waals surface area (Å²) in [5, 5.41) is 1.42. The summed E-state index contributed by atoms with van der Waals surface area (Å²) in [6, 6.07) is 9.87. The van der Waals surface area contributed by atoms with E-state index in [4.69, 9.17) is 18.1 Å². The third-order valence-corrected chi connectivity index (χ3v) is 1.93. The highest BCUT2D eigenvalue weighted by atomic mass is 32.1. The third-order valence-electron chi connectivity index (χ3n) is 1.44. The Bertz CT molecular complexity index is 261. The number of nitrogens with zero attached hydrogens (tertiary/aromatic N) is 1. The van der Waals surface area contributed by atoms with Crippen molar-refractivity contribution in [3.63, 3.8) is 0 Å². The molecular formula is C8H10N2S2. The second kappa shape index (κ2) is 4.45. The molecule has 2 N–H and O–H groups in total. The number of thiol groups is 1. The minimum atomic E-state index is 0.402. The number of rotatable bonds is 2. The molecule has 0 amide bonds. The lowest BCUT2D eigenvalue weighted by molar-refractivity contribution is 0.451. The van der Waals surface area contributed by atoms with Crippen molar-refractivity contribution < 1.29 is 0 Å². The molecule has 0 fully saturated rings.